The van der Waals surface area contributed by atoms with Crippen LogP contribution in [0.4, 0.5) is 0 Å². The first-order valence-electron chi connectivity index (χ1n) is 7.89. The molecule has 0 aliphatic heterocycles. The van der Waals surface area contributed by atoms with Crippen LogP contribution < -0.4 is 14.8 Å². The molecule has 0 saturated heterocycles. The van der Waals surface area contributed by atoms with Crippen LogP contribution in [0.3, 0.4) is 0 Å². The predicted molar refractivity (Wildman–Crippen MR) is 85.1 cm³/mol. The second kappa shape index (κ2) is 7.35. The fraction of sp³-hybridized carbons (Fsp3) is 0.529. The molecule has 6 heteroatoms. The number of ether oxygens (including phenoxy) is 2. The standard InChI is InChI=1S/C17H23NO5/c1-3-23-13-8-7-12(11-14(13)22-2)15(19)18-17(16(20)21)9-5-4-6-10-17/h7-8,11H,3-6,9-10H2,1-2H3,(H,18,19)(H,20,21). The van der Waals surface area contributed by atoms with Gasteiger partial charge < -0.3 is 19.9 Å². The molecule has 1 aliphatic carbocycles. The molecule has 0 heterocycles. The molecule has 1 aliphatic rings. The highest BCUT2D eigenvalue weighted by atomic mass is 16.5. The van der Waals surface area contributed by atoms with Crippen molar-refractivity contribution in [2.24, 2.45) is 0 Å². The molecule has 1 aromatic carbocycles. The van der Waals surface area contributed by atoms with E-state index in [1.807, 2.05) is 6.92 Å². The minimum atomic E-state index is -1.17. The van der Waals surface area contributed by atoms with Crippen LogP contribution in [0.2, 0.25) is 0 Å². The second-order valence-corrected chi connectivity index (χ2v) is 5.70. The van der Waals surface area contributed by atoms with Gasteiger partial charge in [0.1, 0.15) is 5.54 Å². The van der Waals surface area contributed by atoms with E-state index in [4.69, 9.17) is 9.47 Å². The van der Waals surface area contributed by atoms with Crippen molar-refractivity contribution < 1.29 is 24.2 Å². The van der Waals surface area contributed by atoms with E-state index in [1.165, 1.54) is 7.11 Å². The van der Waals surface area contributed by atoms with Gasteiger partial charge in [-0.3, -0.25) is 4.79 Å². The van der Waals surface area contributed by atoms with Crippen LogP contribution >= 0.6 is 0 Å². The van der Waals surface area contributed by atoms with E-state index in [0.29, 0.717) is 36.5 Å². The van der Waals surface area contributed by atoms with Crippen molar-refractivity contribution in [3.63, 3.8) is 0 Å². The minimum absolute atomic E-state index is 0.358. The average molecular weight is 321 g/mol. The summed E-state index contributed by atoms with van der Waals surface area (Å²) in [4.78, 5) is 24.1. The first kappa shape index (κ1) is 17.1. The van der Waals surface area contributed by atoms with Gasteiger partial charge in [0.05, 0.1) is 13.7 Å². The number of nitrogens with one attached hydrogen (secondary N) is 1. The lowest BCUT2D eigenvalue weighted by molar-refractivity contribution is -0.145. The molecule has 0 atom stereocenters. The van der Waals surface area contributed by atoms with Crippen LogP contribution in [-0.2, 0) is 4.79 Å². The molecule has 126 valence electrons. The van der Waals surface area contributed by atoms with Gasteiger partial charge in [-0.1, -0.05) is 19.3 Å². The summed E-state index contributed by atoms with van der Waals surface area (Å²) >= 11 is 0. The van der Waals surface area contributed by atoms with Crippen LogP contribution in [0.5, 0.6) is 11.5 Å². The lowest BCUT2D eigenvalue weighted by Crippen LogP contribution is -2.55. The van der Waals surface area contributed by atoms with Gasteiger partial charge in [-0.2, -0.15) is 0 Å². The Morgan fingerprint density at radius 1 is 1.22 bits per heavy atom. The highest BCUT2D eigenvalue weighted by Crippen LogP contribution is 2.31. The molecule has 6 nitrogen and oxygen atoms in total. The summed E-state index contributed by atoms with van der Waals surface area (Å²) < 4.78 is 10.6. The first-order valence-corrected chi connectivity index (χ1v) is 7.89. The second-order valence-electron chi connectivity index (χ2n) is 5.70. The third-order valence-electron chi connectivity index (χ3n) is 4.19. The minimum Gasteiger partial charge on any atom is -0.493 e. The number of amides is 1. The molecule has 0 radical (unpaired) electrons. The van der Waals surface area contributed by atoms with E-state index in [-0.39, 0.29) is 0 Å². The van der Waals surface area contributed by atoms with E-state index in [9.17, 15) is 14.7 Å². The van der Waals surface area contributed by atoms with Crippen LogP contribution in [0.25, 0.3) is 0 Å². The van der Waals surface area contributed by atoms with Crippen molar-refractivity contribution in [1.82, 2.24) is 5.32 Å². The molecule has 2 N–H and O–H groups in total. The Morgan fingerprint density at radius 2 is 1.91 bits per heavy atom. The monoisotopic (exact) mass is 321 g/mol. The van der Waals surface area contributed by atoms with Crippen LogP contribution in [0, 0.1) is 0 Å². The van der Waals surface area contributed by atoms with E-state index >= 15 is 0 Å². The number of rotatable bonds is 6. The first-order chi connectivity index (χ1) is 11.0. The number of carbonyl (C=O) groups is 2. The molecule has 1 saturated carbocycles. The molecular weight excluding hydrogens is 298 g/mol. The number of carbonyl (C=O) groups excluding carboxylic acids is 1. The maximum atomic E-state index is 12.5. The summed E-state index contributed by atoms with van der Waals surface area (Å²) in [6, 6.07) is 4.84. The van der Waals surface area contributed by atoms with Gasteiger partial charge in [-0.25, -0.2) is 4.79 Å². The van der Waals surface area contributed by atoms with Gasteiger partial charge in [0.2, 0.25) is 0 Å². The highest BCUT2D eigenvalue weighted by molar-refractivity contribution is 5.98. The molecule has 1 aromatic rings. The molecule has 0 unspecified atom stereocenters. The predicted octanol–water partition coefficient (Wildman–Crippen LogP) is 2.61. The summed E-state index contributed by atoms with van der Waals surface area (Å²) in [6.45, 7) is 2.35. The molecule has 1 amide bonds. The maximum absolute atomic E-state index is 12.5. The molecule has 0 aromatic heterocycles. The Morgan fingerprint density at radius 3 is 2.48 bits per heavy atom. The zero-order valence-electron chi connectivity index (χ0n) is 13.6. The number of hydrogen-bond acceptors (Lipinski definition) is 4. The lowest BCUT2D eigenvalue weighted by Gasteiger charge is -2.34. The molecule has 1 fully saturated rings. The van der Waals surface area contributed by atoms with Gasteiger partial charge in [-0.15, -0.1) is 0 Å². The molecule has 2 rings (SSSR count). The van der Waals surface area contributed by atoms with Gasteiger partial charge in [-0.05, 0) is 38.0 Å². The SMILES string of the molecule is CCOc1ccc(C(=O)NC2(C(=O)O)CCCCC2)cc1OC. The zero-order valence-corrected chi connectivity index (χ0v) is 13.6. The van der Waals surface area contributed by atoms with Crippen molar-refractivity contribution in [3.05, 3.63) is 23.8 Å². The van der Waals surface area contributed by atoms with Crippen LogP contribution in [-0.4, -0.2) is 36.2 Å². The van der Waals surface area contributed by atoms with E-state index in [1.54, 1.807) is 18.2 Å². The van der Waals surface area contributed by atoms with Crippen molar-refractivity contribution in [2.75, 3.05) is 13.7 Å². The van der Waals surface area contributed by atoms with Crippen molar-refractivity contribution >= 4 is 11.9 Å². The summed E-state index contributed by atoms with van der Waals surface area (Å²) in [5, 5.41) is 12.3. The largest absolute Gasteiger partial charge is 0.493 e. The number of carboxylic acid groups (broad SMARTS) is 1. The van der Waals surface area contributed by atoms with Gasteiger partial charge >= 0.3 is 5.97 Å². The zero-order chi connectivity index (χ0) is 16.9. The summed E-state index contributed by atoms with van der Waals surface area (Å²) in [7, 11) is 1.50. The van der Waals surface area contributed by atoms with Gasteiger partial charge in [0.25, 0.3) is 5.91 Å². The quantitative estimate of drug-likeness (QED) is 0.841. The van der Waals surface area contributed by atoms with Crippen LogP contribution in [0.15, 0.2) is 18.2 Å². The van der Waals surface area contributed by atoms with E-state index in [0.717, 1.165) is 19.3 Å². The topological polar surface area (TPSA) is 84.9 Å². The van der Waals surface area contributed by atoms with E-state index in [2.05, 4.69) is 5.32 Å². The highest BCUT2D eigenvalue weighted by Gasteiger charge is 2.41. The third kappa shape index (κ3) is 3.75. The average Bonchev–Trinajstić information content (AvgIpc) is 2.56. The van der Waals surface area contributed by atoms with Gasteiger partial charge in [0, 0.05) is 5.56 Å². The Balaban J connectivity index is 2.20. The maximum Gasteiger partial charge on any atom is 0.329 e. The fourth-order valence-electron chi connectivity index (χ4n) is 2.92. The lowest BCUT2D eigenvalue weighted by atomic mass is 9.81. The van der Waals surface area contributed by atoms with Gasteiger partial charge in [0.15, 0.2) is 11.5 Å². The molecule has 0 bridgehead atoms. The summed E-state index contributed by atoms with van der Waals surface area (Å²) in [5.41, 5.74) is -0.808. The number of hydrogen-bond donors (Lipinski definition) is 2. The van der Waals surface area contributed by atoms with Crippen molar-refractivity contribution in [1.29, 1.82) is 0 Å². The summed E-state index contributed by atoms with van der Waals surface area (Å²) in [6.07, 6.45) is 3.53. The number of benzene rings is 1. The fourth-order valence-corrected chi connectivity index (χ4v) is 2.92. The summed E-state index contributed by atoms with van der Waals surface area (Å²) in [5.74, 6) is -0.371. The number of methoxy groups -OCH3 is 1. The smallest absolute Gasteiger partial charge is 0.329 e. The Kier molecular flexibility index (Phi) is 5.47. The van der Waals surface area contributed by atoms with E-state index < -0.39 is 17.4 Å². The Hall–Kier alpha value is -2.24. The molecule has 0 spiro atoms. The Bertz CT molecular complexity index is 578. The molecular formula is C17H23NO5. The third-order valence-corrected chi connectivity index (χ3v) is 4.19. The normalized spacial score (nSPS) is 16.4. The molecule has 23 heavy (non-hydrogen) atoms. The Labute approximate surface area is 135 Å². The van der Waals surface area contributed by atoms with Crippen molar-refractivity contribution in [2.45, 2.75) is 44.6 Å². The van der Waals surface area contributed by atoms with Crippen molar-refractivity contribution in [3.8, 4) is 11.5 Å². The number of carboxylic acids is 1. The number of aliphatic carboxylic acids is 1. The van der Waals surface area contributed by atoms with Crippen LogP contribution in [0.1, 0.15) is 49.4 Å².